The van der Waals surface area contributed by atoms with E-state index >= 15 is 0 Å². The molecule has 2 amide bonds. The van der Waals surface area contributed by atoms with Gasteiger partial charge in [0.15, 0.2) is 11.0 Å². The molecule has 164 valence electrons. The van der Waals surface area contributed by atoms with Crippen molar-refractivity contribution in [2.45, 2.75) is 20.0 Å². The molecule has 0 radical (unpaired) electrons. The van der Waals surface area contributed by atoms with Gasteiger partial charge < -0.3 is 14.5 Å². The first kappa shape index (κ1) is 21.7. The lowest BCUT2D eigenvalue weighted by Crippen LogP contribution is -2.18. The summed E-state index contributed by atoms with van der Waals surface area (Å²) in [7, 11) is 0. The Labute approximate surface area is 192 Å². The molecule has 32 heavy (non-hydrogen) atoms. The van der Waals surface area contributed by atoms with Gasteiger partial charge in [0.1, 0.15) is 0 Å². The van der Waals surface area contributed by atoms with Crippen LogP contribution in [0.5, 0.6) is 0 Å². The van der Waals surface area contributed by atoms with E-state index in [9.17, 15) is 9.59 Å². The lowest BCUT2D eigenvalue weighted by atomic mass is 10.1. The van der Waals surface area contributed by atoms with Crippen LogP contribution in [0.1, 0.15) is 24.4 Å². The van der Waals surface area contributed by atoms with E-state index in [0.29, 0.717) is 33.4 Å². The highest BCUT2D eigenvalue weighted by molar-refractivity contribution is 6.33. The summed E-state index contributed by atoms with van der Waals surface area (Å²) in [4.78, 5) is 32.8. The molecule has 0 unspecified atom stereocenters. The van der Waals surface area contributed by atoms with E-state index < -0.39 is 12.0 Å². The third-order valence-corrected chi connectivity index (χ3v) is 4.73. The summed E-state index contributed by atoms with van der Waals surface area (Å²) in [6.45, 7) is 3.51. The highest BCUT2D eigenvalue weighted by atomic mass is 35.5. The van der Waals surface area contributed by atoms with E-state index in [1.54, 1.807) is 48.8 Å². The van der Waals surface area contributed by atoms with Crippen LogP contribution in [-0.2, 0) is 4.74 Å². The van der Waals surface area contributed by atoms with Crippen molar-refractivity contribution in [3.63, 3.8) is 0 Å². The summed E-state index contributed by atoms with van der Waals surface area (Å²) in [6.07, 6.45) is 4.01. The Balaban J connectivity index is 1.58. The number of halogens is 2. The van der Waals surface area contributed by atoms with Gasteiger partial charge in [-0.1, -0.05) is 11.6 Å². The highest BCUT2D eigenvalue weighted by Crippen LogP contribution is 2.30. The number of nitrogens with one attached hydrogen (secondary N) is 2. The molecular weight excluding hydrogens is 457 g/mol. The van der Waals surface area contributed by atoms with E-state index in [1.165, 1.54) is 18.3 Å². The first-order valence-electron chi connectivity index (χ1n) is 9.47. The van der Waals surface area contributed by atoms with Gasteiger partial charge >= 0.3 is 6.09 Å². The van der Waals surface area contributed by atoms with Crippen LogP contribution < -0.4 is 10.6 Å². The van der Waals surface area contributed by atoms with Crippen LogP contribution in [0.25, 0.3) is 17.0 Å². The molecule has 9 nitrogen and oxygen atoms in total. The lowest BCUT2D eigenvalue weighted by molar-refractivity contribution is 0.0996. The number of benzene rings is 1. The normalized spacial score (nSPS) is 11.0. The second-order valence-electron chi connectivity index (χ2n) is 7.01. The van der Waals surface area contributed by atoms with Crippen molar-refractivity contribution >= 4 is 52.4 Å². The second kappa shape index (κ2) is 8.89. The van der Waals surface area contributed by atoms with Crippen LogP contribution in [0.15, 0.2) is 53.3 Å². The second-order valence-corrected chi connectivity index (χ2v) is 7.79. The quantitative estimate of drug-likeness (QED) is 0.395. The average Bonchev–Trinajstić information content (AvgIpc) is 3.34. The fourth-order valence-electron chi connectivity index (χ4n) is 2.87. The van der Waals surface area contributed by atoms with Crippen LogP contribution >= 0.6 is 23.2 Å². The maximum absolute atomic E-state index is 12.3. The standard InChI is InChI=1S/C21H17Cl2N5O4/c1-11(2)31-21(30)26-13-8-24-20-27-16(10-28(20)9-13)14-7-12(3-4-15(14)22)25-19(29)17-5-6-18(23)32-17/h3-11H,1-2H3,(H,25,29)(H,26,30). The molecule has 3 heterocycles. The van der Waals surface area contributed by atoms with E-state index in [1.807, 2.05) is 0 Å². The molecule has 3 aromatic heterocycles. The first-order valence-corrected chi connectivity index (χ1v) is 10.2. The number of amides is 2. The van der Waals surface area contributed by atoms with Gasteiger partial charge in [-0.15, -0.1) is 0 Å². The van der Waals surface area contributed by atoms with Crippen LogP contribution in [-0.4, -0.2) is 32.5 Å². The molecule has 2 N–H and O–H groups in total. The van der Waals surface area contributed by atoms with E-state index in [2.05, 4.69) is 20.6 Å². The topological polar surface area (TPSA) is 111 Å². The third-order valence-electron chi connectivity index (χ3n) is 4.20. The smallest absolute Gasteiger partial charge is 0.411 e. The minimum Gasteiger partial charge on any atom is -0.447 e. The first-order chi connectivity index (χ1) is 15.3. The average molecular weight is 474 g/mol. The van der Waals surface area contributed by atoms with Crippen molar-refractivity contribution < 1.29 is 18.7 Å². The predicted octanol–water partition coefficient (Wildman–Crippen LogP) is 5.51. The fraction of sp³-hybridized carbons (Fsp3) is 0.143. The van der Waals surface area contributed by atoms with Crippen molar-refractivity contribution in [3.8, 4) is 11.3 Å². The summed E-state index contributed by atoms with van der Waals surface area (Å²) in [5, 5.41) is 5.89. The zero-order valence-corrected chi connectivity index (χ0v) is 18.4. The van der Waals surface area contributed by atoms with Crippen molar-refractivity contribution in [2.75, 3.05) is 10.6 Å². The molecule has 0 saturated heterocycles. The zero-order chi connectivity index (χ0) is 22.8. The Morgan fingerprint density at radius 1 is 1.09 bits per heavy atom. The molecular formula is C21H17Cl2N5O4. The van der Waals surface area contributed by atoms with E-state index in [-0.39, 0.29) is 17.1 Å². The summed E-state index contributed by atoms with van der Waals surface area (Å²) >= 11 is 12.1. The van der Waals surface area contributed by atoms with Crippen molar-refractivity contribution in [1.82, 2.24) is 14.4 Å². The number of nitrogens with zero attached hydrogens (tertiary/aromatic N) is 3. The molecule has 0 aliphatic heterocycles. The largest absolute Gasteiger partial charge is 0.447 e. The number of imidazole rings is 1. The Morgan fingerprint density at radius 2 is 1.91 bits per heavy atom. The predicted molar refractivity (Wildman–Crippen MR) is 120 cm³/mol. The van der Waals surface area contributed by atoms with Crippen molar-refractivity contribution in [1.29, 1.82) is 0 Å². The molecule has 4 rings (SSSR count). The number of hydrogen-bond donors (Lipinski definition) is 2. The maximum Gasteiger partial charge on any atom is 0.411 e. The Hall–Kier alpha value is -3.56. The molecule has 0 aliphatic carbocycles. The Kier molecular flexibility index (Phi) is 6.02. The summed E-state index contributed by atoms with van der Waals surface area (Å²) in [5.41, 5.74) is 2.05. The highest BCUT2D eigenvalue weighted by Gasteiger charge is 2.15. The molecule has 11 heteroatoms. The summed E-state index contributed by atoms with van der Waals surface area (Å²) in [5.74, 6) is 0.0313. The van der Waals surface area contributed by atoms with Crippen molar-refractivity contribution in [3.05, 3.63) is 64.9 Å². The number of rotatable bonds is 5. The molecule has 0 aliphatic rings. The molecule has 4 aromatic rings. The van der Waals surface area contributed by atoms with Crippen LogP contribution in [0.3, 0.4) is 0 Å². The minimum absolute atomic E-state index is 0.0828. The van der Waals surface area contributed by atoms with Crippen molar-refractivity contribution in [2.24, 2.45) is 0 Å². The number of carbonyl (C=O) groups excluding carboxylic acids is 2. The Bertz CT molecular complexity index is 1310. The van der Waals surface area contributed by atoms with E-state index in [0.717, 1.165) is 0 Å². The molecule has 0 saturated carbocycles. The molecule has 0 spiro atoms. The summed E-state index contributed by atoms with van der Waals surface area (Å²) in [6, 6.07) is 7.95. The van der Waals surface area contributed by atoms with E-state index in [4.69, 9.17) is 32.4 Å². The van der Waals surface area contributed by atoms with Gasteiger partial charge in [0.2, 0.25) is 5.78 Å². The van der Waals surface area contributed by atoms with Gasteiger partial charge in [0.05, 0.1) is 28.7 Å². The fourth-order valence-corrected chi connectivity index (χ4v) is 3.23. The SMILES string of the molecule is CC(C)OC(=O)Nc1cnc2nc(-c3cc(NC(=O)c4ccc(Cl)o4)ccc3Cl)cn2c1. The molecule has 0 bridgehead atoms. The van der Waals surface area contributed by atoms with Gasteiger partial charge in [0.25, 0.3) is 5.91 Å². The number of aromatic nitrogens is 3. The van der Waals surface area contributed by atoms with Crippen LogP contribution in [0.4, 0.5) is 16.2 Å². The number of ether oxygens (including phenoxy) is 1. The zero-order valence-electron chi connectivity index (χ0n) is 16.9. The molecule has 0 fully saturated rings. The summed E-state index contributed by atoms with van der Waals surface area (Å²) < 4.78 is 11.8. The maximum atomic E-state index is 12.3. The number of fused-ring (bicyclic) bond motifs is 1. The molecule has 1 aromatic carbocycles. The van der Waals surface area contributed by atoms with Gasteiger partial charge in [-0.3, -0.25) is 14.5 Å². The molecule has 0 atom stereocenters. The number of carbonyl (C=O) groups is 2. The Morgan fingerprint density at radius 3 is 2.62 bits per heavy atom. The van der Waals surface area contributed by atoms with Gasteiger partial charge in [-0.25, -0.2) is 14.8 Å². The van der Waals surface area contributed by atoms with Crippen LogP contribution in [0.2, 0.25) is 10.2 Å². The minimum atomic E-state index is -0.578. The lowest BCUT2D eigenvalue weighted by Gasteiger charge is -2.09. The number of hydrogen-bond acceptors (Lipinski definition) is 6. The monoisotopic (exact) mass is 473 g/mol. The van der Waals surface area contributed by atoms with Gasteiger partial charge in [-0.05, 0) is 55.8 Å². The third kappa shape index (κ3) is 4.84. The number of anilines is 2. The number of furan rings is 1. The van der Waals surface area contributed by atoms with Gasteiger partial charge in [-0.2, -0.15) is 0 Å². The van der Waals surface area contributed by atoms with Gasteiger partial charge in [0, 0.05) is 23.6 Å². The van der Waals surface area contributed by atoms with Crippen LogP contribution in [0, 0.1) is 0 Å².